The van der Waals surface area contributed by atoms with Crippen molar-refractivity contribution in [2.24, 2.45) is 12.5 Å². The van der Waals surface area contributed by atoms with Crippen LogP contribution in [0.2, 0.25) is 0 Å². The number of carbonyl (C=O) groups excluding carboxylic acids is 1. The van der Waals surface area contributed by atoms with Crippen molar-refractivity contribution in [3.8, 4) is 0 Å². The van der Waals surface area contributed by atoms with Gasteiger partial charge in [0.1, 0.15) is 12.2 Å². The zero-order valence-corrected chi connectivity index (χ0v) is 15.6. The quantitative estimate of drug-likeness (QED) is 0.849. The molecular formula is C19H26N6O. The molecule has 5 rings (SSSR count). The molecule has 7 heteroatoms. The van der Waals surface area contributed by atoms with E-state index < -0.39 is 0 Å². The van der Waals surface area contributed by atoms with Crippen molar-refractivity contribution in [1.29, 1.82) is 0 Å². The Labute approximate surface area is 153 Å². The van der Waals surface area contributed by atoms with Gasteiger partial charge in [-0.3, -0.25) is 9.48 Å². The van der Waals surface area contributed by atoms with Gasteiger partial charge in [0.25, 0.3) is 5.91 Å². The first-order valence-electron chi connectivity index (χ1n) is 9.76. The van der Waals surface area contributed by atoms with Gasteiger partial charge in [-0.25, -0.2) is 0 Å². The van der Waals surface area contributed by atoms with E-state index in [0.29, 0.717) is 12.0 Å². The average molecular weight is 354 g/mol. The fraction of sp³-hybridized carbons (Fsp3) is 0.684. The summed E-state index contributed by atoms with van der Waals surface area (Å²) < 4.78 is 4.01. The summed E-state index contributed by atoms with van der Waals surface area (Å²) in [6, 6.07) is 0.573. The molecule has 0 aromatic carbocycles. The van der Waals surface area contributed by atoms with E-state index >= 15 is 0 Å². The molecule has 26 heavy (non-hydrogen) atoms. The third-order valence-corrected chi connectivity index (χ3v) is 6.63. The molecule has 0 N–H and O–H groups in total. The Balaban J connectivity index is 1.48. The van der Waals surface area contributed by atoms with E-state index in [1.54, 1.807) is 4.68 Å². The van der Waals surface area contributed by atoms with Crippen molar-refractivity contribution >= 4 is 5.91 Å². The third kappa shape index (κ3) is 2.40. The van der Waals surface area contributed by atoms with E-state index in [-0.39, 0.29) is 11.3 Å². The van der Waals surface area contributed by atoms with Gasteiger partial charge >= 0.3 is 0 Å². The smallest absolute Gasteiger partial charge is 0.257 e. The van der Waals surface area contributed by atoms with Gasteiger partial charge in [-0.15, -0.1) is 10.2 Å². The van der Waals surface area contributed by atoms with Gasteiger partial charge in [-0.1, -0.05) is 12.8 Å². The van der Waals surface area contributed by atoms with Crippen molar-refractivity contribution in [3.05, 3.63) is 29.6 Å². The molecule has 1 aliphatic heterocycles. The molecular weight excluding hydrogens is 328 g/mol. The van der Waals surface area contributed by atoms with Crippen molar-refractivity contribution in [3.63, 3.8) is 0 Å². The van der Waals surface area contributed by atoms with Gasteiger partial charge < -0.3 is 9.47 Å². The number of aromatic nitrogens is 5. The predicted octanol–water partition coefficient (Wildman–Crippen LogP) is 2.45. The van der Waals surface area contributed by atoms with E-state index in [1.165, 1.54) is 38.5 Å². The van der Waals surface area contributed by atoms with E-state index in [4.69, 9.17) is 0 Å². The number of amides is 1. The number of aryl methyl sites for hydroxylation is 2. The van der Waals surface area contributed by atoms with Crippen LogP contribution in [0.15, 0.2) is 12.5 Å². The maximum atomic E-state index is 13.2. The fourth-order valence-electron chi connectivity index (χ4n) is 5.18. The fourth-order valence-corrected chi connectivity index (χ4v) is 5.18. The topological polar surface area (TPSA) is 68.8 Å². The van der Waals surface area contributed by atoms with E-state index in [0.717, 1.165) is 30.2 Å². The molecule has 1 atom stereocenters. The van der Waals surface area contributed by atoms with Gasteiger partial charge in [-0.2, -0.15) is 5.10 Å². The molecule has 138 valence electrons. The maximum Gasteiger partial charge on any atom is 0.257 e. The summed E-state index contributed by atoms with van der Waals surface area (Å²) in [4.78, 5) is 15.2. The van der Waals surface area contributed by atoms with Gasteiger partial charge in [-0.05, 0) is 38.0 Å². The monoisotopic (exact) mass is 354 g/mol. The van der Waals surface area contributed by atoms with Crippen LogP contribution in [0.1, 0.15) is 72.4 Å². The molecule has 2 aliphatic carbocycles. The van der Waals surface area contributed by atoms with Gasteiger partial charge in [0.15, 0.2) is 0 Å². The van der Waals surface area contributed by atoms with Crippen molar-refractivity contribution in [2.45, 2.75) is 57.4 Å². The zero-order chi connectivity index (χ0) is 17.9. The molecule has 2 aromatic heterocycles. The Morgan fingerprint density at radius 2 is 2.04 bits per heavy atom. The van der Waals surface area contributed by atoms with E-state index in [1.807, 2.05) is 31.4 Å². The van der Waals surface area contributed by atoms with Crippen LogP contribution in [0.5, 0.6) is 0 Å². The largest absolute Gasteiger partial charge is 0.337 e. The molecule has 3 fully saturated rings. The van der Waals surface area contributed by atoms with E-state index in [9.17, 15) is 4.79 Å². The normalized spacial score (nSPS) is 24.7. The van der Waals surface area contributed by atoms with Crippen molar-refractivity contribution < 1.29 is 4.79 Å². The summed E-state index contributed by atoms with van der Waals surface area (Å²) >= 11 is 0. The highest BCUT2D eigenvalue weighted by Gasteiger charge is 2.52. The van der Waals surface area contributed by atoms with Gasteiger partial charge in [0.05, 0.1) is 11.3 Å². The molecule has 0 bridgehead atoms. The number of nitrogens with zero attached hydrogens (tertiary/aromatic N) is 6. The molecule has 3 aliphatic rings. The highest BCUT2D eigenvalue weighted by Crippen LogP contribution is 2.54. The van der Waals surface area contributed by atoms with Crippen molar-refractivity contribution in [1.82, 2.24) is 29.4 Å². The Morgan fingerprint density at radius 3 is 2.69 bits per heavy atom. The van der Waals surface area contributed by atoms with Crippen LogP contribution >= 0.6 is 0 Å². The Bertz CT molecular complexity index is 842. The third-order valence-electron chi connectivity index (χ3n) is 6.63. The standard InChI is InChI=1S/C19H26N6O/c1-13-15(9-23(2)22-13)18(26)24-10-16(19(11-24)7-3-4-8-19)17-21-20-12-25(17)14-5-6-14/h9,12,14,16H,3-8,10-11H2,1-2H3. The summed E-state index contributed by atoms with van der Waals surface area (Å²) in [6.45, 7) is 3.50. The first-order chi connectivity index (χ1) is 12.6. The van der Waals surface area contributed by atoms with Crippen LogP contribution in [0, 0.1) is 12.3 Å². The maximum absolute atomic E-state index is 13.2. The van der Waals surface area contributed by atoms with Crippen LogP contribution in [-0.4, -0.2) is 48.4 Å². The summed E-state index contributed by atoms with van der Waals surface area (Å²) in [5.41, 5.74) is 1.71. The first kappa shape index (κ1) is 16.0. The Hall–Kier alpha value is -2.18. The number of likely N-dealkylation sites (tertiary alicyclic amines) is 1. The van der Waals surface area contributed by atoms with Gasteiger partial charge in [0, 0.05) is 38.3 Å². The lowest BCUT2D eigenvalue weighted by Gasteiger charge is -2.29. The number of hydrogen-bond donors (Lipinski definition) is 0. The van der Waals surface area contributed by atoms with E-state index in [2.05, 4.69) is 19.9 Å². The molecule has 1 amide bonds. The molecule has 3 heterocycles. The second kappa shape index (κ2) is 5.66. The lowest BCUT2D eigenvalue weighted by atomic mass is 9.76. The predicted molar refractivity (Wildman–Crippen MR) is 95.8 cm³/mol. The van der Waals surface area contributed by atoms with Gasteiger partial charge in [0.2, 0.25) is 0 Å². The first-order valence-corrected chi connectivity index (χ1v) is 9.76. The van der Waals surface area contributed by atoms with Crippen LogP contribution in [-0.2, 0) is 7.05 Å². The molecule has 1 saturated heterocycles. The van der Waals surface area contributed by atoms with Crippen LogP contribution < -0.4 is 0 Å². The second-order valence-corrected chi connectivity index (χ2v) is 8.44. The van der Waals surface area contributed by atoms with Crippen LogP contribution in [0.25, 0.3) is 0 Å². The molecule has 1 spiro atoms. The van der Waals surface area contributed by atoms with Crippen molar-refractivity contribution in [2.75, 3.05) is 13.1 Å². The molecule has 2 saturated carbocycles. The number of rotatable bonds is 3. The highest BCUT2D eigenvalue weighted by molar-refractivity contribution is 5.95. The molecule has 1 unspecified atom stereocenters. The lowest BCUT2D eigenvalue weighted by molar-refractivity contribution is 0.0772. The average Bonchev–Trinajstić information content (AvgIpc) is 3.01. The second-order valence-electron chi connectivity index (χ2n) is 8.44. The summed E-state index contributed by atoms with van der Waals surface area (Å²) in [5.74, 6) is 1.52. The SMILES string of the molecule is Cc1nn(C)cc1C(=O)N1CC(c2nncn2C2CC2)C2(CCCC2)C1. The minimum atomic E-state index is 0.113. The summed E-state index contributed by atoms with van der Waals surface area (Å²) in [6.07, 6.45) is 11.1. The molecule has 7 nitrogen and oxygen atoms in total. The Morgan fingerprint density at radius 1 is 1.27 bits per heavy atom. The summed E-state index contributed by atoms with van der Waals surface area (Å²) in [5, 5.41) is 13.1. The highest BCUT2D eigenvalue weighted by atomic mass is 16.2. The number of carbonyl (C=O) groups is 1. The minimum Gasteiger partial charge on any atom is -0.337 e. The van der Waals surface area contributed by atoms with Crippen LogP contribution in [0.4, 0.5) is 0 Å². The summed E-state index contributed by atoms with van der Waals surface area (Å²) in [7, 11) is 1.87. The zero-order valence-electron chi connectivity index (χ0n) is 15.6. The molecule has 0 radical (unpaired) electrons. The number of hydrogen-bond acceptors (Lipinski definition) is 4. The lowest BCUT2D eigenvalue weighted by Crippen LogP contribution is -2.31. The molecule has 2 aromatic rings. The minimum absolute atomic E-state index is 0.113. The Kier molecular flexibility index (Phi) is 3.49. The van der Waals surface area contributed by atoms with Crippen LogP contribution in [0.3, 0.4) is 0 Å².